The summed E-state index contributed by atoms with van der Waals surface area (Å²) in [6.07, 6.45) is 5.82. The van der Waals surface area contributed by atoms with Crippen LogP contribution < -0.4 is 50.5 Å². The van der Waals surface area contributed by atoms with Crippen molar-refractivity contribution in [2.45, 2.75) is 189 Å². The van der Waals surface area contributed by atoms with Crippen LogP contribution in [0.15, 0.2) is 0 Å². The molecule has 12 N–H and O–H groups in total. The maximum Gasteiger partial charge on any atom is 0.267 e. The standard InChI is InChI=1S/C12H26N2O.C10H21NO4S.C8H18N2O.C8H17NO2.C7H15NO2.C6H13NO.ClH/c1-7-12(2,3)11(15)13-9-8-10-14(4,5)6;1-6-9(2,3)8(12)11-10(4,5)7-16(13,14)15;1-4-8(2,3)7(11)10-6-5-9;1-4-8(2,3)7(11)9-5-6-10;1-4-7(2,3)6(10)8-5-9;1-4-6(2,3)5(7)8;/h7-10H2,1-6H3;6-7H2,1-5H3,(H,11,12)(H,13,14,15);4-6,9H2,1-3H3,(H,10,11);10H,4-6H2,1-3H3,(H,9,11);9H,4-5H2,1-3H3,(H,8,10);4H2,1-3H3,(H2,7,8);1H. The van der Waals surface area contributed by atoms with Gasteiger partial charge < -0.3 is 65.2 Å². The molecule has 0 saturated carbocycles. The molecule has 0 radical (unpaired) electrons. The highest BCUT2D eigenvalue weighted by atomic mass is 35.5. The Kier molecular flexibility index (Phi) is 44.2. The normalized spacial score (nSPS) is 11.9. The molecule has 434 valence electrons. The number of quaternary nitrogens is 1. The predicted molar refractivity (Wildman–Crippen MR) is 290 cm³/mol. The van der Waals surface area contributed by atoms with Crippen molar-refractivity contribution in [3.63, 3.8) is 0 Å². The maximum absolute atomic E-state index is 11.8. The van der Waals surface area contributed by atoms with E-state index in [0.717, 1.165) is 56.1 Å². The maximum atomic E-state index is 11.8. The van der Waals surface area contributed by atoms with Crippen LogP contribution in [0.1, 0.15) is 183 Å². The van der Waals surface area contributed by atoms with Crippen LogP contribution in [0, 0.1) is 32.5 Å². The summed E-state index contributed by atoms with van der Waals surface area (Å²) in [4.78, 5) is 67.5. The Morgan fingerprint density at radius 1 is 0.500 bits per heavy atom. The van der Waals surface area contributed by atoms with Crippen LogP contribution in [0.2, 0.25) is 0 Å². The van der Waals surface area contributed by atoms with Crippen LogP contribution >= 0.6 is 0 Å². The summed E-state index contributed by atoms with van der Waals surface area (Å²) in [5.74, 6) is -0.766. The molecule has 0 aromatic heterocycles. The smallest absolute Gasteiger partial charge is 0.267 e. The molecule has 0 aliphatic rings. The van der Waals surface area contributed by atoms with Crippen molar-refractivity contribution in [1.29, 1.82) is 0 Å². The number of primary amides is 1. The Balaban J connectivity index is -0.000000142. The zero-order chi connectivity index (χ0) is 58.1. The number of nitrogens with zero attached hydrogens (tertiary/aromatic N) is 1. The average molecular weight is 1080 g/mol. The van der Waals surface area contributed by atoms with E-state index in [1.54, 1.807) is 27.7 Å². The quantitative estimate of drug-likeness (QED) is 0.0288. The highest BCUT2D eigenvalue weighted by Gasteiger charge is 2.33. The van der Waals surface area contributed by atoms with E-state index in [9.17, 15) is 37.2 Å². The topological polar surface area (TPSA) is 309 Å². The molecule has 0 aliphatic heterocycles. The zero-order valence-corrected chi connectivity index (χ0v) is 51.2. The van der Waals surface area contributed by atoms with Crippen molar-refractivity contribution in [3.8, 4) is 0 Å². The van der Waals surface area contributed by atoms with E-state index >= 15 is 0 Å². The highest BCUT2D eigenvalue weighted by molar-refractivity contribution is 7.85. The Bertz CT molecular complexity index is 1610. The number of hydrogen-bond donors (Lipinski definition) is 10. The lowest BCUT2D eigenvalue weighted by molar-refractivity contribution is -0.870. The van der Waals surface area contributed by atoms with Gasteiger partial charge in [0.15, 0.2) is 0 Å². The van der Waals surface area contributed by atoms with Crippen LogP contribution in [0.25, 0.3) is 0 Å². The molecular weight excluding hydrogens is 968 g/mol. The molecule has 0 atom stereocenters. The number of aliphatic hydroxyl groups excluding tert-OH is 2. The van der Waals surface area contributed by atoms with E-state index in [1.165, 1.54) is 0 Å². The summed E-state index contributed by atoms with van der Waals surface area (Å²) in [5, 5.41) is 30.2. The monoisotopic (exact) mass is 1080 g/mol. The van der Waals surface area contributed by atoms with Crippen molar-refractivity contribution in [2.75, 3.05) is 73.0 Å². The fourth-order valence-electron chi connectivity index (χ4n) is 4.08. The van der Waals surface area contributed by atoms with E-state index in [-0.39, 0.29) is 88.3 Å². The van der Waals surface area contributed by atoms with Gasteiger partial charge in [-0.2, -0.15) is 8.42 Å². The first-order chi connectivity index (χ1) is 31.7. The second-order valence-electron chi connectivity index (χ2n) is 23.2. The van der Waals surface area contributed by atoms with Crippen molar-refractivity contribution in [1.82, 2.24) is 26.6 Å². The van der Waals surface area contributed by atoms with Gasteiger partial charge >= 0.3 is 0 Å². The summed E-state index contributed by atoms with van der Waals surface area (Å²) in [5.41, 5.74) is 7.30. The minimum Gasteiger partial charge on any atom is -1.00 e. The third-order valence-corrected chi connectivity index (χ3v) is 13.5. The molecule has 19 nitrogen and oxygen atoms in total. The van der Waals surface area contributed by atoms with Crippen molar-refractivity contribution < 1.29 is 68.8 Å². The van der Waals surface area contributed by atoms with E-state index < -0.39 is 26.8 Å². The number of halogens is 1. The largest absolute Gasteiger partial charge is 1.00 e. The molecule has 72 heavy (non-hydrogen) atoms. The number of hydrogen-bond acceptors (Lipinski definition) is 11. The van der Waals surface area contributed by atoms with E-state index in [1.807, 2.05) is 111 Å². The molecule has 0 aliphatic carbocycles. The van der Waals surface area contributed by atoms with Gasteiger partial charge in [-0.15, -0.1) is 0 Å². The van der Waals surface area contributed by atoms with Gasteiger partial charge in [-0.05, 0) is 52.4 Å². The van der Waals surface area contributed by atoms with Gasteiger partial charge in [0.05, 0.1) is 45.6 Å². The molecule has 0 aromatic rings. The number of carbonyl (C=O) groups is 6. The lowest BCUT2D eigenvalue weighted by Crippen LogP contribution is -3.00. The first-order valence-electron chi connectivity index (χ1n) is 25.1. The number of aliphatic hydroxyl groups is 2. The Morgan fingerprint density at radius 2 is 0.792 bits per heavy atom. The Hall–Kier alpha value is -3.14. The number of amides is 6. The number of nitrogens with one attached hydrogen (secondary N) is 5. The summed E-state index contributed by atoms with van der Waals surface area (Å²) < 4.78 is 31.2. The van der Waals surface area contributed by atoms with Crippen LogP contribution in [-0.2, 0) is 38.9 Å². The molecule has 6 amide bonds. The van der Waals surface area contributed by atoms with Crippen LogP contribution in [0.3, 0.4) is 0 Å². The lowest BCUT2D eigenvalue weighted by atomic mass is 9.88. The molecule has 0 heterocycles. The zero-order valence-electron chi connectivity index (χ0n) is 49.6. The van der Waals surface area contributed by atoms with E-state index in [0.29, 0.717) is 26.1 Å². The number of carbonyl (C=O) groups excluding carboxylic acids is 6. The highest BCUT2D eigenvalue weighted by Crippen LogP contribution is 2.23. The van der Waals surface area contributed by atoms with Crippen molar-refractivity contribution in [3.05, 3.63) is 0 Å². The summed E-state index contributed by atoms with van der Waals surface area (Å²) in [6.45, 7) is 40.5. The van der Waals surface area contributed by atoms with Crippen molar-refractivity contribution in [2.24, 2.45) is 44.0 Å². The fourth-order valence-corrected chi connectivity index (χ4v) is 5.07. The molecule has 0 unspecified atom stereocenters. The van der Waals surface area contributed by atoms with Gasteiger partial charge in [-0.3, -0.25) is 33.3 Å². The SMILES string of the molecule is CCC(C)(C)C(=O)NC(C)(C)CS(=O)(=O)O.CCC(C)(C)C(=O)NCCC[N+](C)(C)C.CCC(C)(C)C(=O)NCCN.CCC(C)(C)C(=O)NCCO.CCC(C)(C)C(=O)NCO.CCC(C)(C)C(N)=O.[Cl-]. The first kappa shape index (κ1) is 82.9. The third kappa shape index (κ3) is 44.4. The molecule has 0 saturated heterocycles. The Morgan fingerprint density at radius 3 is 1.03 bits per heavy atom. The van der Waals surface area contributed by atoms with Gasteiger partial charge in [-0.1, -0.05) is 125 Å². The van der Waals surface area contributed by atoms with Gasteiger partial charge in [-0.25, -0.2) is 0 Å². The number of rotatable bonds is 24. The van der Waals surface area contributed by atoms with E-state index in [2.05, 4.69) is 47.7 Å². The molecule has 0 fully saturated rings. The lowest BCUT2D eigenvalue weighted by Gasteiger charge is -2.30. The van der Waals surface area contributed by atoms with E-state index in [4.69, 9.17) is 26.2 Å². The fraction of sp³-hybridized carbons (Fsp3) is 0.882. The molecule has 0 bridgehead atoms. The second-order valence-corrected chi connectivity index (χ2v) is 24.6. The molecule has 0 aromatic carbocycles. The van der Waals surface area contributed by atoms with Crippen molar-refractivity contribution >= 4 is 45.6 Å². The van der Waals surface area contributed by atoms with Gasteiger partial charge in [0, 0.05) is 65.1 Å². The third-order valence-electron chi connectivity index (χ3n) is 12.4. The van der Waals surface area contributed by atoms with Crippen LogP contribution in [0.5, 0.6) is 0 Å². The second kappa shape index (κ2) is 38.4. The summed E-state index contributed by atoms with van der Waals surface area (Å²) in [7, 11) is 2.40. The minimum atomic E-state index is -4.09. The van der Waals surface area contributed by atoms with Crippen LogP contribution in [0.4, 0.5) is 0 Å². The van der Waals surface area contributed by atoms with Gasteiger partial charge in [0.1, 0.15) is 6.73 Å². The summed E-state index contributed by atoms with van der Waals surface area (Å²) >= 11 is 0. The first-order valence-corrected chi connectivity index (χ1v) is 26.8. The van der Waals surface area contributed by atoms with Gasteiger partial charge in [0.25, 0.3) is 10.1 Å². The Labute approximate surface area is 445 Å². The minimum absolute atomic E-state index is 0. The molecular formula is C51H111ClN8O11S. The number of nitrogens with two attached hydrogens (primary N) is 2. The van der Waals surface area contributed by atoms with Gasteiger partial charge in [0.2, 0.25) is 35.4 Å². The molecule has 0 rings (SSSR count). The average Bonchev–Trinajstić information content (AvgIpc) is 3.25. The van der Waals surface area contributed by atoms with Crippen LogP contribution in [-0.4, -0.2) is 142 Å². The molecule has 0 spiro atoms. The molecule has 21 heteroatoms. The summed E-state index contributed by atoms with van der Waals surface area (Å²) in [6, 6.07) is 0. The predicted octanol–water partition coefficient (Wildman–Crippen LogP) is 2.27.